The fourth-order valence-corrected chi connectivity index (χ4v) is 4.83. The number of esters is 1. The van der Waals surface area contributed by atoms with E-state index in [2.05, 4.69) is 0 Å². The van der Waals surface area contributed by atoms with E-state index < -0.39 is 23.6 Å². The fraction of sp³-hybridized carbons (Fsp3) is 0.292. The van der Waals surface area contributed by atoms with Crippen LogP contribution in [0.3, 0.4) is 0 Å². The molecule has 0 saturated heterocycles. The van der Waals surface area contributed by atoms with Gasteiger partial charge in [-0.1, -0.05) is 35.3 Å². The molecule has 0 saturated carbocycles. The first kappa shape index (κ1) is 22.4. The zero-order valence-electron chi connectivity index (χ0n) is 17.8. The Kier molecular flexibility index (Phi) is 5.77. The maximum atomic E-state index is 13.0. The zero-order chi connectivity index (χ0) is 23.2. The normalized spacial score (nSPS) is 17.4. The van der Waals surface area contributed by atoms with E-state index in [0.29, 0.717) is 57.3 Å². The van der Waals surface area contributed by atoms with E-state index in [4.69, 9.17) is 32.7 Å². The molecule has 2 aliphatic heterocycles. The van der Waals surface area contributed by atoms with Crippen LogP contribution in [0.5, 0.6) is 0 Å². The molecule has 166 valence electrons. The summed E-state index contributed by atoms with van der Waals surface area (Å²) in [5.41, 5.74) is 2.62. The third-order valence-electron chi connectivity index (χ3n) is 5.60. The number of benzene rings is 2. The number of halogens is 2. The highest BCUT2D eigenvalue weighted by atomic mass is 35.5. The SMILES string of the molecule is COC(=O)c1cc(Cl)cc(CCC/C=C2/C(=O)N3C(=O)OC(C)(C)c4c(Cl)ccc2c43)c1. The molecule has 6 nitrogen and oxygen atoms in total. The van der Waals surface area contributed by atoms with Gasteiger partial charge < -0.3 is 9.47 Å². The van der Waals surface area contributed by atoms with Crippen LogP contribution in [0.25, 0.3) is 5.57 Å². The molecule has 2 aliphatic rings. The van der Waals surface area contributed by atoms with Crippen LogP contribution in [-0.4, -0.2) is 25.1 Å². The molecule has 0 bridgehead atoms. The van der Waals surface area contributed by atoms with Gasteiger partial charge in [0.1, 0.15) is 5.60 Å². The number of hydrogen-bond acceptors (Lipinski definition) is 5. The lowest BCUT2D eigenvalue weighted by molar-refractivity contribution is -0.113. The van der Waals surface area contributed by atoms with Crippen molar-refractivity contribution in [1.82, 2.24) is 0 Å². The predicted octanol–water partition coefficient (Wildman–Crippen LogP) is 5.92. The average molecular weight is 474 g/mol. The summed E-state index contributed by atoms with van der Waals surface area (Å²) in [6.45, 7) is 3.51. The van der Waals surface area contributed by atoms with Crippen LogP contribution in [0, 0.1) is 0 Å². The summed E-state index contributed by atoms with van der Waals surface area (Å²) in [4.78, 5) is 38.4. The number of imide groups is 1. The lowest BCUT2D eigenvalue weighted by atomic mass is 9.91. The quantitative estimate of drug-likeness (QED) is 0.306. The third-order valence-corrected chi connectivity index (χ3v) is 6.13. The number of unbranched alkanes of at least 4 members (excludes halogenated alkanes) is 1. The van der Waals surface area contributed by atoms with Crippen LogP contribution in [0.4, 0.5) is 10.5 Å². The van der Waals surface area contributed by atoms with Gasteiger partial charge in [-0.15, -0.1) is 0 Å². The number of carbonyl (C=O) groups excluding carboxylic acids is 3. The number of nitrogens with zero attached hydrogens (tertiary/aromatic N) is 1. The van der Waals surface area contributed by atoms with Crippen LogP contribution in [0.2, 0.25) is 10.0 Å². The number of ether oxygens (including phenoxy) is 2. The van der Waals surface area contributed by atoms with E-state index in [1.165, 1.54) is 7.11 Å². The zero-order valence-corrected chi connectivity index (χ0v) is 19.3. The van der Waals surface area contributed by atoms with Crippen molar-refractivity contribution in [3.63, 3.8) is 0 Å². The van der Waals surface area contributed by atoms with Crippen molar-refractivity contribution in [2.24, 2.45) is 0 Å². The fourth-order valence-electron chi connectivity index (χ4n) is 4.20. The molecule has 4 rings (SSSR count). The maximum absolute atomic E-state index is 13.0. The van der Waals surface area contributed by atoms with Gasteiger partial charge in [-0.2, -0.15) is 0 Å². The minimum absolute atomic E-state index is 0.396. The summed E-state index contributed by atoms with van der Waals surface area (Å²) in [7, 11) is 1.32. The highest BCUT2D eigenvalue weighted by molar-refractivity contribution is 6.41. The van der Waals surface area contributed by atoms with E-state index in [0.717, 1.165) is 10.5 Å². The molecule has 0 radical (unpaired) electrons. The van der Waals surface area contributed by atoms with Crippen molar-refractivity contribution in [3.8, 4) is 0 Å². The summed E-state index contributed by atoms with van der Waals surface area (Å²) in [6, 6.07) is 8.60. The molecule has 8 heteroatoms. The Morgan fingerprint density at radius 3 is 2.66 bits per heavy atom. The first-order chi connectivity index (χ1) is 15.1. The molecule has 0 spiro atoms. The maximum Gasteiger partial charge on any atom is 0.422 e. The molecule has 0 aromatic heterocycles. The monoisotopic (exact) mass is 473 g/mol. The minimum Gasteiger partial charge on any atom is -0.465 e. The van der Waals surface area contributed by atoms with E-state index in [1.807, 2.05) is 6.08 Å². The highest BCUT2D eigenvalue weighted by Crippen LogP contribution is 2.50. The Bertz CT molecular complexity index is 1190. The van der Waals surface area contributed by atoms with Crippen molar-refractivity contribution >= 4 is 52.4 Å². The summed E-state index contributed by atoms with van der Waals surface area (Å²) >= 11 is 12.5. The summed E-state index contributed by atoms with van der Waals surface area (Å²) in [6.07, 6.45) is 3.08. The smallest absolute Gasteiger partial charge is 0.422 e. The minimum atomic E-state index is -0.935. The van der Waals surface area contributed by atoms with Gasteiger partial charge >= 0.3 is 12.1 Å². The summed E-state index contributed by atoms with van der Waals surface area (Å²) in [5.74, 6) is -0.862. The standard InChI is InChI=1S/C24H21Cl2NO5/c1-24(2)19-18(26)9-8-16-17(21(28)27(20(16)19)23(30)32-24)7-5-4-6-13-10-14(22(29)31-3)12-15(25)11-13/h7-12H,4-6H2,1-3H3/b17-7+. The van der Waals surface area contributed by atoms with Gasteiger partial charge in [-0.25, -0.2) is 14.5 Å². The molecule has 0 fully saturated rings. The Labute approximate surface area is 195 Å². The second-order valence-corrected chi connectivity index (χ2v) is 9.03. The van der Waals surface area contributed by atoms with Crippen LogP contribution in [0.15, 0.2) is 36.4 Å². The number of amides is 2. The van der Waals surface area contributed by atoms with Gasteiger partial charge in [0.15, 0.2) is 0 Å². The second kappa shape index (κ2) is 8.26. The van der Waals surface area contributed by atoms with E-state index in [-0.39, 0.29) is 0 Å². The molecule has 2 aromatic carbocycles. The lowest BCUT2D eigenvalue weighted by Crippen LogP contribution is -2.44. The summed E-state index contributed by atoms with van der Waals surface area (Å²) < 4.78 is 10.2. The topological polar surface area (TPSA) is 72.9 Å². The van der Waals surface area contributed by atoms with Crippen LogP contribution < -0.4 is 4.90 Å². The van der Waals surface area contributed by atoms with E-state index in [1.54, 1.807) is 44.2 Å². The molecule has 0 unspecified atom stereocenters. The van der Waals surface area contributed by atoms with Crippen LogP contribution in [0.1, 0.15) is 53.7 Å². The number of aryl methyl sites for hydroxylation is 1. The number of methoxy groups -OCH3 is 1. The molecular formula is C24H21Cl2NO5. The van der Waals surface area contributed by atoms with Crippen molar-refractivity contribution in [1.29, 1.82) is 0 Å². The molecule has 2 amide bonds. The van der Waals surface area contributed by atoms with Gasteiger partial charge in [0.05, 0.1) is 18.4 Å². The number of carbonyl (C=O) groups is 3. The Morgan fingerprint density at radius 2 is 1.94 bits per heavy atom. The van der Waals surface area contributed by atoms with Gasteiger partial charge in [-0.05, 0) is 62.9 Å². The lowest BCUT2D eigenvalue weighted by Gasteiger charge is -2.36. The molecular weight excluding hydrogens is 453 g/mol. The van der Waals surface area contributed by atoms with Gasteiger partial charge in [0.25, 0.3) is 5.91 Å². The Hall–Kier alpha value is -2.83. The van der Waals surface area contributed by atoms with Crippen molar-refractivity contribution < 1.29 is 23.9 Å². The number of cyclic esters (lactones) is 1. The molecule has 0 N–H and O–H groups in total. The highest BCUT2D eigenvalue weighted by Gasteiger charge is 2.49. The molecule has 0 aliphatic carbocycles. The molecule has 2 heterocycles. The number of hydrogen-bond donors (Lipinski definition) is 0. The summed E-state index contributed by atoms with van der Waals surface area (Å²) in [5, 5.41) is 0.906. The molecule has 2 aromatic rings. The van der Waals surface area contributed by atoms with Crippen LogP contribution in [-0.2, 0) is 26.3 Å². The Morgan fingerprint density at radius 1 is 1.19 bits per heavy atom. The predicted molar refractivity (Wildman–Crippen MR) is 122 cm³/mol. The Balaban J connectivity index is 1.57. The third kappa shape index (κ3) is 3.78. The molecule has 32 heavy (non-hydrogen) atoms. The number of rotatable bonds is 5. The van der Waals surface area contributed by atoms with Crippen LogP contribution >= 0.6 is 23.2 Å². The van der Waals surface area contributed by atoms with Crippen molar-refractivity contribution in [2.45, 2.75) is 38.7 Å². The van der Waals surface area contributed by atoms with Gasteiger partial charge in [0.2, 0.25) is 0 Å². The largest absolute Gasteiger partial charge is 0.465 e. The first-order valence-electron chi connectivity index (χ1n) is 10.1. The van der Waals surface area contributed by atoms with Crippen molar-refractivity contribution in [2.75, 3.05) is 12.0 Å². The molecule has 0 atom stereocenters. The van der Waals surface area contributed by atoms with E-state index in [9.17, 15) is 14.4 Å². The average Bonchev–Trinajstić information content (AvgIpc) is 3.00. The van der Waals surface area contributed by atoms with E-state index >= 15 is 0 Å². The number of anilines is 1. The number of allylic oxidation sites excluding steroid dienone is 1. The van der Waals surface area contributed by atoms with Crippen molar-refractivity contribution in [3.05, 3.63) is 68.7 Å². The first-order valence-corrected chi connectivity index (χ1v) is 10.9. The van der Waals surface area contributed by atoms with Gasteiger partial charge in [-0.3, -0.25) is 4.79 Å². The van der Waals surface area contributed by atoms with Gasteiger partial charge in [0, 0.05) is 26.7 Å². The second-order valence-electron chi connectivity index (χ2n) is 8.19.